The molecule has 8 aromatic carbocycles. The van der Waals surface area contributed by atoms with Crippen LogP contribution < -0.4 is 4.90 Å². The number of hydrogen-bond donors (Lipinski definition) is 0. The van der Waals surface area contributed by atoms with Gasteiger partial charge in [-0.25, -0.2) is 4.98 Å². The third kappa shape index (κ3) is 3.98. The molecule has 0 atom stereocenters. The van der Waals surface area contributed by atoms with Crippen molar-refractivity contribution in [1.29, 1.82) is 0 Å². The van der Waals surface area contributed by atoms with Gasteiger partial charge in [-0.05, 0) is 88.3 Å². The smallest absolute Gasteiger partial charge is 0.228 e. The third-order valence-corrected chi connectivity index (χ3v) is 9.85. The van der Waals surface area contributed by atoms with E-state index in [0.29, 0.717) is 5.89 Å². The van der Waals surface area contributed by atoms with Crippen molar-refractivity contribution in [2.75, 3.05) is 4.90 Å². The van der Waals surface area contributed by atoms with E-state index in [0.717, 1.165) is 93.8 Å². The highest BCUT2D eigenvalue weighted by Gasteiger charge is 2.23. The second kappa shape index (κ2) is 10.3. The van der Waals surface area contributed by atoms with Gasteiger partial charge < -0.3 is 18.2 Å². The van der Waals surface area contributed by atoms with Gasteiger partial charge in [-0.2, -0.15) is 0 Å². The van der Waals surface area contributed by atoms with Gasteiger partial charge in [0.1, 0.15) is 27.8 Å². The maximum Gasteiger partial charge on any atom is 0.228 e. The summed E-state index contributed by atoms with van der Waals surface area (Å²) in [6.07, 6.45) is 0. The number of anilines is 3. The highest BCUT2D eigenvalue weighted by atomic mass is 16.4. The highest BCUT2D eigenvalue weighted by Crippen LogP contribution is 2.46. The number of aromatic nitrogens is 1. The first-order valence-corrected chi connectivity index (χ1v) is 16.7. The van der Waals surface area contributed by atoms with E-state index >= 15 is 0 Å². The monoisotopic (exact) mass is 642 g/mol. The Bertz CT molecular complexity index is 3060. The minimum absolute atomic E-state index is 0.573. The minimum atomic E-state index is 0.573. The molecule has 3 aromatic heterocycles. The van der Waals surface area contributed by atoms with Crippen molar-refractivity contribution in [3.8, 4) is 11.5 Å². The van der Waals surface area contributed by atoms with Gasteiger partial charge in [0.15, 0.2) is 5.58 Å². The Morgan fingerprint density at radius 2 is 1.12 bits per heavy atom. The fraction of sp³-hybridized carbons (Fsp3) is 0. The fourth-order valence-corrected chi connectivity index (χ4v) is 7.62. The first-order valence-electron chi connectivity index (χ1n) is 16.7. The molecule has 5 nitrogen and oxygen atoms in total. The number of oxazole rings is 1. The molecule has 50 heavy (non-hydrogen) atoms. The average molecular weight is 643 g/mol. The van der Waals surface area contributed by atoms with Gasteiger partial charge in [-0.3, -0.25) is 0 Å². The van der Waals surface area contributed by atoms with Crippen LogP contribution in [0.25, 0.3) is 88.0 Å². The Hall–Kier alpha value is -6.85. The minimum Gasteiger partial charge on any atom is -0.456 e. The zero-order valence-corrected chi connectivity index (χ0v) is 26.6. The maximum atomic E-state index is 6.60. The van der Waals surface area contributed by atoms with Crippen LogP contribution in [0.3, 0.4) is 0 Å². The molecule has 11 rings (SSSR count). The molecule has 5 heteroatoms. The molecule has 0 amide bonds. The number of benzene rings is 8. The van der Waals surface area contributed by atoms with Crippen molar-refractivity contribution in [1.82, 2.24) is 4.98 Å². The zero-order valence-electron chi connectivity index (χ0n) is 26.6. The molecule has 0 aliphatic carbocycles. The fourth-order valence-electron chi connectivity index (χ4n) is 7.62. The summed E-state index contributed by atoms with van der Waals surface area (Å²) in [6, 6.07) is 54.4. The van der Waals surface area contributed by atoms with E-state index in [1.54, 1.807) is 0 Å². The van der Waals surface area contributed by atoms with Crippen LogP contribution in [0, 0.1) is 0 Å². The van der Waals surface area contributed by atoms with Crippen molar-refractivity contribution in [3.05, 3.63) is 158 Å². The molecule has 11 aromatic rings. The first-order chi connectivity index (χ1) is 24.8. The lowest BCUT2D eigenvalue weighted by atomic mass is 10.0. The molecule has 3 heterocycles. The van der Waals surface area contributed by atoms with E-state index in [4.69, 9.17) is 18.2 Å². The lowest BCUT2D eigenvalue weighted by Crippen LogP contribution is -2.10. The van der Waals surface area contributed by atoms with Crippen LogP contribution in [0.15, 0.2) is 171 Å². The van der Waals surface area contributed by atoms with E-state index in [2.05, 4.69) is 132 Å². The van der Waals surface area contributed by atoms with Gasteiger partial charge in [0, 0.05) is 39.2 Å². The summed E-state index contributed by atoms with van der Waals surface area (Å²) >= 11 is 0. The van der Waals surface area contributed by atoms with Crippen molar-refractivity contribution >= 4 is 93.6 Å². The van der Waals surface area contributed by atoms with Crippen LogP contribution in [-0.4, -0.2) is 4.98 Å². The van der Waals surface area contributed by atoms with Gasteiger partial charge in [0.25, 0.3) is 0 Å². The second-order valence-corrected chi connectivity index (χ2v) is 12.7. The first kappa shape index (κ1) is 27.1. The maximum absolute atomic E-state index is 6.60. The van der Waals surface area contributed by atoms with Crippen molar-refractivity contribution < 1.29 is 13.3 Å². The van der Waals surface area contributed by atoms with Gasteiger partial charge in [-0.1, -0.05) is 84.9 Å². The number of fused-ring (bicyclic) bond motifs is 10. The molecule has 0 aliphatic heterocycles. The molecular weight excluding hydrogens is 617 g/mol. The van der Waals surface area contributed by atoms with Gasteiger partial charge in [0.2, 0.25) is 5.89 Å². The van der Waals surface area contributed by atoms with Crippen LogP contribution in [-0.2, 0) is 0 Å². The molecule has 234 valence electrons. The molecule has 0 saturated carbocycles. The number of nitrogens with zero attached hydrogens (tertiary/aromatic N) is 2. The summed E-state index contributed by atoms with van der Waals surface area (Å²) in [6.45, 7) is 0. The molecular formula is C45H26N2O3. The number of para-hydroxylation sites is 1. The summed E-state index contributed by atoms with van der Waals surface area (Å²) in [4.78, 5) is 7.23. The van der Waals surface area contributed by atoms with E-state index in [1.165, 1.54) is 5.39 Å². The lowest BCUT2D eigenvalue weighted by Gasteiger charge is -2.26. The summed E-state index contributed by atoms with van der Waals surface area (Å²) < 4.78 is 19.5. The van der Waals surface area contributed by atoms with Crippen LogP contribution in [0.5, 0.6) is 0 Å². The van der Waals surface area contributed by atoms with Gasteiger partial charge >= 0.3 is 0 Å². The van der Waals surface area contributed by atoms with Crippen molar-refractivity contribution in [2.24, 2.45) is 0 Å². The van der Waals surface area contributed by atoms with Crippen molar-refractivity contribution in [2.45, 2.75) is 0 Å². The van der Waals surface area contributed by atoms with E-state index in [9.17, 15) is 0 Å². The Balaban J connectivity index is 1.12. The molecule has 0 aliphatic rings. The molecule has 0 fully saturated rings. The summed E-state index contributed by atoms with van der Waals surface area (Å²) in [5.41, 5.74) is 8.79. The van der Waals surface area contributed by atoms with E-state index in [-0.39, 0.29) is 0 Å². The third-order valence-electron chi connectivity index (χ3n) is 9.85. The van der Waals surface area contributed by atoms with Crippen LogP contribution in [0.4, 0.5) is 17.1 Å². The predicted octanol–water partition coefficient (Wildman–Crippen LogP) is 13.1. The number of rotatable bonds is 4. The highest BCUT2D eigenvalue weighted by molar-refractivity contribution is 6.23. The molecule has 0 bridgehead atoms. The molecule has 0 saturated heterocycles. The standard InChI is InChI=1S/C45H26N2O3/c1-2-13-30(14-3-1)47(36-17-9-19-38-44(36)43-32-15-7-6-10-27(32)20-23-39(43)48-38)31-21-22-33-40(26-31)49-37-18-8-16-34(42(33)37)45-46-35-24-28-11-4-5-12-29(28)25-41(35)50-45/h1-26H. The topological polar surface area (TPSA) is 55.6 Å². The van der Waals surface area contributed by atoms with Crippen LogP contribution in [0.1, 0.15) is 0 Å². The van der Waals surface area contributed by atoms with Crippen LogP contribution >= 0.6 is 0 Å². The molecule has 0 unspecified atom stereocenters. The molecule has 0 spiro atoms. The zero-order chi connectivity index (χ0) is 32.8. The summed E-state index contributed by atoms with van der Waals surface area (Å²) in [5.74, 6) is 0.573. The lowest BCUT2D eigenvalue weighted by molar-refractivity contribution is 0.620. The summed E-state index contributed by atoms with van der Waals surface area (Å²) in [7, 11) is 0. The quantitative estimate of drug-likeness (QED) is 0.191. The second-order valence-electron chi connectivity index (χ2n) is 12.7. The SMILES string of the molecule is c1ccc(N(c2ccc3c(c2)oc2cccc(-c4nc5cc6ccccc6cc5o4)c23)c2cccc3oc4ccc5ccccc5c4c23)cc1. The van der Waals surface area contributed by atoms with Crippen molar-refractivity contribution in [3.63, 3.8) is 0 Å². The van der Waals surface area contributed by atoms with E-state index < -0.39 is 0 Å². The molecule has 0 radical (unpaired) electrons. The predicted molar refractivity (Wildman–Crippen MR) is 204 cm³/mol. The number of furan rings is 2. The Morgan fingerprint density at radius 1 is 0.400 bits per heavy atom. The van der Waals surface area contributed by atoms with Crippen LogP contribution in [0.2, 0.25) is 0 Å². The normalized spacial score (nSPS) is 12.0. The summed E-state index contributed by atoms with van der Waals surface area (Å²) in [5, 5.41) is 8.75. The number of hydrogen-bond acceptors (Lipinski definition) is 5. The van der Waals surface area contributed by atoms with Gasteiger partial charge in [-0.15, -0.1) is 0 Å². The Kier molecular flexibility index (Phi) is 5.60. The molecule has 0 N–H and O–H groups in total. The van der Waals surface area contributed by atoms with Gasteiger partial charge in [0.05, 0.1) is 11.1 Å². The Morgan fingerprint density at radius 3 is 2.00 bits per heavy atom. The van der Waals surface area contributed by atoms with E-state index in [1.807, 2.05) is 30.3 Å². The Labute approximate surface area is 285 Å². The largest absolute Gasteiger partial charge is 0.456 e. The average Bonchev–Trinajstić information content (AvgIpc) is 3.87.